The maximum absolute atomic E-state index is 13.6. The fourth-order valence-corrected chi connectivity index (χ4v) is 3.90. The molecule has 0 bridgehead atoms. The first-order chi connectivity index (χ1) is 12.4. The van der Waals surface area contributed by atoms with E-state index in [0.29, 0.717) is 19.4 Å². The van der Waals surface area contributed by atoms with E-state index in [9.17, 15) is 22.0 Å². The van der Waals surface area contributed by atoms with Crippen molar-refractivity contribution in [3.05, 3.63) is 59.7 Å². The van der Waals surface area contributed by atoms with Gasteiger partial charge < -0.3 is 4.90 Å². The van der Waals surface area contributed by atoms with E-state index >= 15 is 0 Å². The molecular formula is C18H18F2N2O3S. The number of rotatable bonds is 6. The predicted molar refractivity (Wildman–Crippen MR) is 93.1 cm³/mol. The quantitative estimate of drug-likeness (QED) is 0.838. The molecule has 1 aliphatic heterocycles. The zero-order valence-electron chi connectivity index (χ0n) is 13.9. The molecule has 1 N–H and O–H groups in total. The second-order valence-electron chi connectivity index (χ2n) is 6.08. The van der Waals surface area contributed by atoms with Gasteiger partial charge in [0.05, 0.1) is 4.90 Å². The fourth-order valence-electron chi connectivity index (χ4n) is 2.83. The average Bonchev–Trinajstić information content (AvgIpc) is 3.02. The Bertz CT molecular complexity index is 894. The van der Waals surface area contributed by atoms with Crippen molar-refractivity contribution in [3.63, 3.8) is 0 Å². The third-order valence-corrected chi connectivity index (χ3v) is 5.64. The number of halogens is 2. The molecule has 0 atom stereocenters. The van der Waals surface area contributed by atoms with Gasteiger partial charge in [0.15, 0.2) is 0 Å². The summed E-state index contributed by atoms with van der Waals surface area (Å²) in [4.78, 5) is 13.3. The number of likely N-dealkylation sites (tertiary alicyclic amines) is 1. The van der Waals surface area contributed by atoms with Crippen LogP contribution in [-0.4, -0.2) is 32.3 Å². The second-order valence-corrected chi connectivity index (χ2v) is 7.76. The van der Waals surface area contributed by atoms with E-state index in [2.05, 4.69) is 0 Å². The topological polar surface area (TPSA) is 66.5 Å². The zero-order valence-corrected chi connectivity index (χ0v) is 14.7. The Morgan fingerprint density at radius 2 is 1.69 bits per heavy atom. The number of carbonyl (C=O) groups excluding carboxylic acids is 1. The predicted octanol–water partition coefficient (Wildman–Crippen LogP) is 2.93. The lowest BCUT2D eigenvalue weighted by atomic mass is 10.1. The summed E-state index contributed by atoms with van der Waals surface area (Å²) in [5, 5.41) is 0. The highest BCUT2D eigenvalue weighted by atomic mass is 32.2. The van der Waals surface area contributed by atoms with Crippen molar-refractivity contribution < 1.29 is 22.0 Å². The largest absolute Gasteiger partial charge is 0.342 e. The SMILES string of the molecule is O=C1CCCN1CCc1ccc(S(=O)(=O)Nc2c(F)cccc2F)cc1. The molecule has 3 rings (SSSR count). The molecule has 0 aliphatic carbocycles. The van der Waals surface area contributed by atoms with E-state index in [4.69, 9.17) is 0 Å². The molecule has 1 fully saturated rings. The van der Waals surface area contributed by atoms with Crippen LogP contribution in [0.5, 0.6) is 0 Å². The molecule has 5 nitrogen and oxygen atoms in total. The van der Waals surface area contributed by atoms with Crippen molar-refractivity contribution in [1.29, 1.82) is 0 Å². The van der Waals surface area contributed by atoms with Gasteiger partial charge in [0.25, 0.3) is 10.0 Å². The third kappa shape index (κ3) is 4.01. The highest BCUT2D eigenvalue weighted by Gasteiger charge is 2.21. The van der Waals surface area contributed by atoms with Gasteiger partial charge in [-0.3, -0.25) is 9.52 Å². The van der Waals surface area contributed by atoms with E-state index in [1.807, 2.05) is 4.72 Å². The highest BCUT2D eigenvalue weighted by Crippen LogP contribution is 2.22. The van der Waals surface area contributed by atoms with E-state index in [-0.39, 0.29) is 10.8 Å². The minimum Gasteiger partial charge on any atom is -0.342 e. The Hall–Kier alpha value is -2.48. The Labute approximate surface area is 150 Å². The molecule has 1 saturated heterocycles. The van der Waals surface area contributed by atoms with Gasteiger partial charge in [-0.1, -0.05) is 18.2 Å². The van der Waals surface area contributed by atoms with Gasteiger partial charge in [0.2, 0.25) is 5.91 Å². The van der Waals surface area contributed by atoms with Gasteiger partial charge in [-0.25, -0.2) is 17.2 Å². The number of anilines is 1. The molecule has 2 aromatic carbocycles. The molecule has 0 unspecified atom stereocenters. The van der Waals surface area contributed by atoms with Crippen LogP contribution < -0.4 is 4.72 Å². The molecular weight excluding hydrogens is 362 g/mol. The smallest absolute Gasteiger partial charge is 0.262 e. The Balaban J connectivity index is 1.70. The van der Waals surface area contributed by atoms with Crippen LogP contribution in [-0.2, 0) is 21.2 Å². The van der Waals surface area contributed by atoms with Crippen molar-refractivity contribution >= 4 is 21.6 Å². The van der Waals surface area contributed by atoms with Crippen LogP contribution in [0.15, 0.2) is 47.4 Å². The van der Waals surface area contributed by atoms with Crippen molar-refractivity contribution in [1.82, 2.24) is 4.90 Å². The summed E-state index contributed by atoms with van der Waals surface area (Å²) in [5.74, 6) is -1.83. The molecule has 1 aliphatic rings. The summed E-state index contributed by atoms with van der Waals surface area (Å²) >= 11 is 0. The molecule has 0 aromatic heterocycles. The monoisotopic (exact) mass is 380 g/mol. The maximum Gasteiger partial charge on any atom is 0.262 e. The van der Waals surface area contributed by atoms with Crippen molar-refractivity contribution in [2.75, 3.05) is 17.8 Å². The van der Waals surface area contributed by atoms with Crippen LogP contribution in [0.25, 0.3) is 0 Å². The van der Waals surface area contributed by atoms with E-state index in [1.54, 1.807) is 17.0 Å². The summed E-state index contributed by atoms with van der Waals surface area (Å²) in [6, 6.07) is 9.12. The van der Waals surface area contributed by atoms with Crippen molar-refractivity contribution in [3.8, 4) is 0 Å². The molecule has 138 valence electrons. The van der Waals surface area contributed by atoms with Crippen LogP contribution in [0.3, 0.4) is 0 Å². The van der Waals surface area contributed by atoms with Gasteiger partial charge in [0.1, 0.15) is 17.3 Å². The van der Waals surface area contributed by atoms with Gasteiger partial charge in [-0.2, -0.15) is 0 Å². The van der Waals surface area contributed by atoms with Gasteiger partial charge in [-0.05, 0) is 42.7 Å². The number of hydrogen-bond donors (Lipinski definition) is 1. The van der Waals surface area contributed by atoms with Crippen LogP contribution in [0.1, 0.15) is 18.4 Å². The number of amides is 1. The van der Waals surface area contributed by atoms with Gasteiger partial charge in [-0.15, -0.1) is 0 Å². The van der Waals surface area contributed by atoms with Crippen LogP contribution >= 0.6 is 0 Å². The Morgan fingerprint density at radius 3 is 2.27 bits per heavy atom. The molecule has 1 amide bonds. The first-order valence-corrected chi connectivity index (χ1v) is 9.69. The summed E-state index contributed by atoms with van der Waals surface area (Å²) in [6.45, 7) is 1.34. The summed E-state index contributed by atoms with van der Waals surface area (Å²) in [5.41, 5.74) is 0.171. The highest BCUT2D eigenvalue weighted by molar-refractivity contribution is 7.92. The van der Waals surface area contributed by atoms with Gasteiger partial charge >= 0.3 is 0 Å². The lowest BCUT2D eigenvalue weighted by Gasteiger charge is -2.15. The molecule has 0 radical (unpaired) electrons. The van der Waals surface area contributed by atoms with Crippen LogP contribution in [0.2, 0.25) is 0 Å². The standard InChI is InChI=1S/C18H18F2N2O3S/c19-15-3-1-4-16(20)18(15)21-26(24,25)14-8-6-13(7-9-14)10-12-22-11-2-5-17(22)23/h1,3-4,6-9,21H,2,5,10-12H2. The number of para-hydroxylation sites is 1. The summed E-state index contributed by atoms with van der Waals surface area (Å²) < 4.78 is 53.9. The van der Waals surface area contributed by atoms with Crippen LogP contribution in [0, 0.1) is 11.6 Å². The number of carbonyl (C=O) groups is 1. The summed E-state index contributed by atoms with van der Waals surface area (Å²) in [6.07, 6.45) is 2.06. The first kappa shape index (κ1) is 18.3. The molecule has 8 heteroatoms. The first-order valence-electron chi connectivity index (χ1n) is 8.20. The van der Waals surface area contributed by atoms with Crippen molar-refractivity contribution in [2.45, 2.75) is 24.2 Å². The average molecular weight is 380 g/mol. The molecule has 1 heterocycles. The third-order valence-electron chi connectivity index (χ3n) is 4.27. The Kier molecular flexibility index (Phi) is 5.22. The number of sulfonamides is 1. The van der Waals surface area contributed by atoms with E-state index in [1.165, 1.54) is 12.1 Å². The van der Waals surface area contributed by atoms with Crippen molar-refractivity contribution in [2.24, 2.45) is 0 Å². The number of benzene rings is 2. The lowest BCUT2D eigenvalue weighted by molar-refractivity contribution is -0.127. The molecule has 2 aromatic rings. The number of nitrogens with zero attached hydrogens (tertiary/aromatic N) is 1. The van der Waals surface area contributed by atoms with E-state index in [0.717, 1.165) is 36.7 Å². The van der Waals surface area contributed by atoms with Crippen LogP contribution in [0.4, 0.5) is 14.5 Å². The summed E-state index contributed by atoms with van der Waals surface area (Å²) in [7, 11) is -4.11. The number of hydrogen-bond acceptors (Lipinski definition) is 3. The minimum absolute atomic E-state index is 0.0962. The molecule has 0 saturated carbocycles. The van der Waals surface area contributed by atoms with E-state index < -0.39 is 27.3 Å². The fraction of sp³-hybridized carbons (Fsp3) is 0.278. The minimum atomic E-state index is -4.11. The van der Waals surface area contributed by atoms with Gasteiger partial charge in [0, 0.05) is 19.5 Å². The molecule has 0 spiro atoms. The second kappa shape index (κ2) is 7.41. The molecule has 26 heavy (non-hydrogen) atoms. The Morgan fingerprint density at radius 1 is 1.04 bits per heavy atom. The maximum atomic E-state index is 13.6. The normalized spacial score (nSPS) is 14.7. The number of nitrogens with one attached hydrogen (secondary N) is 1. The zero-order chi connectivity index (χ0) is 18.7. The lowest BCUT2D eigenvalue weighted by Crippen LogP contribution is -2.26.